The fraction of sp³-hybridized carbons (Fsp3) is 0.0714. The fourth-order valence-electron chi connectivity index (χ4n) is 1.81. The third-order valence-corrected chi connectivity index (χ3v) is 3.51. The molecule has 1 aromatic heterocycles. The third kappa shape index (κ3) is 2.32. The van der Waals surface area contributed by atoms with E-state index < -0.39 is 0 Å². The van der Waals surface area contributed by atoms with Gasteiger partial charge in [0.15, 0.2) is 16.6 Å². The standard InChI is InChI=1S/C14H12N2O2S/c1-17-11-7-10-13(19-14(15)16-10)8-12(11)18-9-5-3-2-4-6-9/h2-8H,1H3,(H2,15,16). The number of methoxy groups -OCH3 is 1. The van der Waals surface area contributed by atoms with Crippen LogP contribution in [0.2, 0.25) is 0 Å². The van der Waals surface area contributed by atoms with Crippen LogP contribution in [-0.2, 0) is 0 Å². The van der Waals surface area contributed by atoms with Crippen LogP contribution in [0.1, 0.15) is 0 Å². The SMILES string of the molecule is COc1cc2nc(N)sc2cc1Oc1ccccc1. The molecule has 0 amide bonds. The molecule has 3 aromatic rings. The number of nitrogen functional groups attached to an aromatic ring is 1. The molecule has 4 nitrogen and oxygen atoms in total. The lowest BCUT2D eigenvalue weighted by Gasteiger charge is -2.10. The lowest BCUT2D eigenvalue weighted by atomic mass is 10.3. The predicted molar refractivity (Wildman–Crippen MR) is 77.1 cm³/mol. The Labute approximate surface area is 114 Å². The minimum atomic E-state index is 0.536. The first-order chi connectivity index (χ1) is 9.26. The molecule has 1 heterocycles. The van der Waals surface area contributed by atoms with Gasteiger partial charge < -0.3 is 15.2 Å². The maximum Gasteiger partial charge on any atom is 0.181 e. The molecule has 5 heteroatoms. The molecule has 0 aliphatic rings. The summed E-state index contributed by atoms with van der Waals surface area (Å²) in [6, 6.07) is 13.3. The summed E-state index contributed by atoms with van der Waals surface area (Å²) in [5.74, 6) is 2.06. The van der Waals surface area contributed by atoms with Crippen molar-refractivity contribution in [3.05, 3.63) is 42.5 Å². The molecule has 2 aromatic carbocycles. The zero-order valence-corrected chi connectivity index (χ0v) is 11.1. The fourth-order valence-corrected chi connectivity index (χ4v) is 2.55. The van der Waals surface area contributed by atoms with Gasteiger partial charge in [0.1, 0.15) is 5.75 Å². The van der Waals surface area contributed by atoms with E-state index in [4.69, 9.17) is 15.2 Å². The summed E-state index contributed by atoms with van der Waals surface area (Å²) in [5, 5.41) is 0.536. The van der Waals surface area contributed by atoms with Crippen LogP contribution in [0.5, 0.6) is 17.2 Å². The highest BCUT2D eigenvalue weighted by molar-refractivity contribution is 7.22. The van der Waals surface area contributed by atoms with Gasteiger partial charge in [0.2, 0.25) is 0 Å². The zero-order valence-electron chi connectivity index (χ0n) is 10.3. The van der Waals surface area contributed by atoms with Gasteiger partial charge in [-0.25, -0.2) is 4.98 Å². The van der Waals surface area contributed by atoms with E-state index in [1.165, 1.54) is 11.3 Å². The van der Waals surface area contributed by atoms with E-state index in [0.29, 0.717) is 16.6 Å². The average Bonchev–Trinajstić information content (AvgIpc) is 2.78. The van der Waals surface area contributed by atoms with Gasteiger partial charge in [-0.1, -0.05) is 29.5 Å². The Balaban J connectivity index is 2.06. The first-order valence-corrected chi connectivity index (χ1v) is 6.55. The van der Waals surface area contributed by atoms with Crippen molar-refractivity contribution >= 4 is 26.7 Å². The number of hydrogen-bond donors (Lipinski definition) is 1. The van der Waals surface area contributed by atoms with E-state index in [1.807, 2.05) is 42.5 Å². The van der Waals surface area contributed by atoms with Gasteiger partial charge in [-0.3, -0.25) is 0 Å². The number of aromatic nitrogens is 1. The van der Waals surface area contributed by atoms with Crippen LogP contribution in [0.4, 0.5) is 5.13 Å². The maximum absolute atomic E-state index is 5.83. The van der Waals surface area contributed by atoms with Gasteiger partial charge in [-0.15, -0.1) is 0 Å². The smallest absolute Gasteiger partial charge is 0.181 e. The second-order valence-electron chi connectivity index (χ2n) is 3.94. The molecule has 0 aliphatic heterocycles. The number of para-hydroxylation sites is 1. The van der Waals surface area contributed by atoms with Crippen molar-refractivity contribution in [2.45, 2.75) is 0 Å². The predicted octanol–water partition coefficient (Wildman–Crippen LogP) is 3.68. The van der Waals surface area contributed by atoms with Crippen molar-refractivity contribution < 1.29 is 9.47 Å². The second kappa shape index (κ2) is 4.78. The lowest BCUT2D eigenvalue weighted by Crippen LogP contribution is -1.90. The monoisotopic (exact) mass is 272 g/mol. The van der Waals surface area contributed by atoms with Crippen molar-refractivity contribution in [1.82, 2.24) is 4.98 Å². The first-order valence-electron chi connectivity index (χ1n) is 5.73. The first kappa shape index (κ1) is 11.8. The molecule has 19 heavy (non-hydrogen) atoms. The highest BCUT2D eigenvalue weighted by Gasteiger charge is 2.11. The van der Waals surface area contributed by atoms with E-state index in [9.17, 15) is 0 Å². The summed E-state index contributed by atoms with van der Waals surface area (Å²) >= 11 is 1.43. The molecular formula is C14H12N2O2S. The topological polar surface area (TPSA) is 57.4 Å². The molecule has 0 bridgehead atoms. The molecule has 0 aliphatic carbocycles. The summed E-state index contributed by atoms with van der Waals surface area (Å²) in [4.78, 5) is 4.23. The number of nitrogens with two attached hydrogens (primary N) is 1. The Morgan fingerprint density at radius 3 is 2.63 bits per heavy atom. The number of ether oxygens (including phenoxy) is 2. The normalized spacial score (nSPS) is 10.6. The number of anilines is 1. The third-order valence-electron chi connectivity index (χ3n) is 2.66. The molecule has 0 spiro atoms. The number of benzene rings is 2. The van der Waals surface area contributed by atoms with E-state index in [-0.39, 0.29) is 0 Å². The summed E-state index contributed by atoms with van der Waals surface area (Å²) < 4.78 is 12.1. The minimum absolute atomic E-state index is 0.536. The molecule has 0 fully saturated rings. The number of rotatable bonds is 3. The molecule has 0 saturated heterocycles. The molecule has 3 rings (SSSR count). The molecular weight excluding hydrogens is 260 g/mol. The van der Waals surface area contributed by atoms with Crippen molar-refractivity contribution in [3.63, 3.8) is 0 Å². The minimum Gasteiger partial charge on any atom is -0.493 e. The van der Waals surface area contributed by atoms with Gasteiger partial charge in [-0.2, -0.15) is 0 Å². The summed E-state index contributed by atoms with van der Waals surface area (Å²) in [6.07, 6.45) is 0. The van der Waals surface area contributed by atoms with Crippen LogP contribution in [0.3, 0.4) is 0 Å². The Hall–Kier alpha value is -2.27. The summed E-state index contributed by atoms with van der Waals surface area (Å²) in [5.41, 5.74) is 6.53. The molecule has 0 atom stereocenters. The van der Waals surface area contributed by atoms with Crippen LogP contribution >= 0.6 is 11.3 Å². The lowest BCUT2D eigenvalue weighted by molar-refractivity contribution is 0.379. The van der Waals surface area contributed by atoms with Crippen molar-refractivity contribution in [1.29, 1.82) is 0 Å². The highest BCUT2D eigenvalue weighted by Crippen LogP contribution is 2.37. The van der Waals surface area contributed by atoms with Crippen molar-refractivity contribution in [2.24, 2.45) is 0 Å². The molecule has 0 unspecified atom stereocenters. The maximum atomic E-state index is 5.83. The Bertz CT molecular complexity index is 710. The van der Waals surface area contributed by atoms with Crippen LogP contribution in [0, 0.1) is 0 Å². The van der Waals surface area contributed by atoms with Gasteiger partial charge in [0, 0.05) is 12.1 Å². The number of thiazole rings is 1. The van der Waals surface area contributed by atoms with E-state index >= 15 is 0 Å². The van der Waals surface area contributed by atoms with E-state index in [2.05, 4.69) is 4.98 Å². The van der Waals surface area contributed by atoms with Crippen LogP contribution in [0.15, 0.2) is 42.5 Å². The van der Waals surface area contributed by atoms with Gasteiger partial charge >= 0.3 is 0 Å². The van der Waals surface area contributed by atoms with Crippen molar-refractivity contribution in [2.75, 3.05) is 12.8 Å². The van der Waals surface area contributed by atoms with E-state index in [1.54, 1.807) is 7.11 Å². The summed E-state index contributed by atoms with van der Waals surface area (Å²) in [7, 11) is 1.61. The molecule has 0 saturated carbocycles. The zero-order chi connectivity index (χ0) is 13.2. The highest BCUT2D eigenvalue weighted by atomic mass is 32.1. The molecule has 96 valence electrons. The van der Waals surface area contributed by atoms with Gasteiger partial charge in [0.05, 0.1) is 17.3 Å². The number of fused-ring (bicyclic) bond motifs is 1. The Kier molecular flexibility index (Phi) is 2.97. The van der Waals surface area contributed by atoms with Crippen molar-refractivity contribution in [3.8, 4) is 17.2 Å². The summed E-state index contributed by atoms with van der Waals surface area (Å²) in [6.45, 7) is 0. The Morgan fingerprint density at radius 2 is 1.89 bits per heavy atom. The quantitative estimate of drug-likeness (QED) is 0.790. The van der Waals surface area contributed by atoms with Gasteiger partial charge in [-0.05, 0) is 12.1 Å². The molecule has 2 N–H and O–H groups in total. The van der Waals surface area contributed by atoms with Crippen LogP contribution in [0.25, 0.3) is 10.2 Å². The Morgan fingerprint density at radius 1 is 1.11 bits per heavy atom. The van der Waals surface area contributed by atoms with Crippen LogP contribution < -0.4 is 15.2 Å². The average molecular weight is 272 g/mol. The van der Waals surface area contributed by atoms with E-state index in [0.717, 1.165) is 16.0 Å². The largest absolute Gasteiger partial charge is 0.493 e. The molecule has 0 radical (unpaired) electrons. The van der Waals surface area contributed by atoms with Crippen LogP contribution in [-0.4, -0.2) is 12.1 Å². The number of nitrogens with zero attached hydrogens (tertiary/aromatic N) is 1. The second-order valence-corrected chi connectivity index (χ2v) is 5.00. The number of hydrogen-bond acceptors (Lipinski definition) is 5. The van der Waals surface area contributed by atoms with Gasteiger partial charge in [0.25, 0.3) is 0 Å².